The van der Waals surface area contributed by atoms with Gasteiger partial charge in [-0.25, -0.2) is 4.79 Å². The minimum absolute atomic E-state index is 0.0228. The van der Waals surface area contributed by atoms with Gasteiger partial charge in [-0.3, -0.25) is 10.1 Å². The van der Waals surface area contributed by atoms with E-state index in [0.717, 1.165) is 0 Å². The molecule has 0 radical (unpaired) electrons. The van der Waals surface area contributed by atoms with E-state index in [9.17, 15) is 14.9 Å². The first-order valence-electron chi connectivity index (χ1n) is 4.88. The van der Waals surface area contributed by atoms with E-state index in [2.05, 4.69) is 0 Å². The molecule has 0 aliphatic heterocycles. The highest BCUT2D eigenvalue weighted by atomic mass is 127. The van der Waals surface area contributed by atoms with E-state index in [-0.39, 0.29) is 11.3 Å². The van der Waals surface area contributed by atoms with Crippen LogP contribution in [0.1, 0.15) is 31.1 Å². The maximum Gasteiger partial charge on any atom is 0.345 e. The molecule has 0 aliphatic carbocycles. The highest BCUT2D eigenvalue weighted by molar-refractivity contribution is 14.1. The van der Waals surface area contributed by atoms with Crippen LogP contribution in [0.15, 0.2) is 18.2 Å². The highest BCUT2D eigenvalue weighted by Gasteiger charge is 2.25. The fraction of sp³-hybridized carbons (Fsp3) is 0.364. The van der Waals surface area contributed by atoms with Gasteiger partial charge in [0.15, 0.2) is 0 Å². The van der Waals surface area contributed by atoms with E-state index in [1.165, 1.54) is 12.1 Å². The highest BCUT2D eigenvalue weighted by Crippen LogP contribution is 2.23. The summed E-state index contributed by atoms with van der Waals surface area (Å²) in [6.07, 6.45) is 0. The summed E-state index contributed by atoms with van der Waals surface area (Å²) in [5.74, 6) is -0.680. The number of ether oxygens (including phenoxy) is 1. The van der Waals surface area contributed by atoms with Crippen molar-refractivity contribution in [3.63, 3.8) is 0 Å². The molecule has 1 rings (SSSR count). The van der Waals surface area contributed by atoms with E-state index in [0.29, 0.717) is 3.57 Å². The van der Waals surface area contributed by atoms with Crippen LogP contribution in [0.5, 0.6) is 0 Å². The molecule has 17 heavy (non-hydrogen) atoms. The third-order valence-corrected chi connectivity index (χ3v) is 2.45. The lowest BCUT2D eigenvalue weighted by atomic mass is 10.1. The molecule has 0 saturated carbocycles. The van der Waals surface area contributed by atoms with Crippen molar-refractivity contribution in [1.29, 1.82) is 0 Å². The van der Waals surface area contributed by atoms with Crippen LogP contribution >= 0.6 is 22.6 Å². The third-order valence-electron chi connectivity index (χ3n) is 1.78. The molecule has 0 amide bonds. The predicted octanol–water partition coefficient (Wildman–Crippen LogP) is 3.15. The van der Waals surface area contributed by atoms with Crippen molar-refractivity contribution < 1.29 is 14.5 Å². The van der Waals surface area contributed by atoms with Crippen molar-refractivity contribution in [2.24, 2.45) is 0 Å². The molecule has 0 heterocycles. The van der Waals surface area contributed by atoms with E-state index >= 15 is 0 Å². The van der Waals surface area contributed by atoms with Crippen molar-refractivity contribution in [3.8, 4) is 0 Å². The number of rotatable bonds is 2. The van der Waals surface area contributed by atoms with Crippen molar-refractivity contribution in [3.05, 3.63) is 37.4 Å². The molecule has 0 spiro atoms. The molecule has 1 aromatic rings. The van der Waals surface area contributed by atoms with Crippen LogP contribution in [0.25, 0.3) is 0 Å². The van der Waals surface area contributed by atoms with Crippen LogP contribution < -0.4 is 0 Å². The molecule has 0 fully saturated rings. The average molecular weight is 349 g/mol. The molecule has 92 valence electrons. The quantitative estimate of drug-likeness (QED) is 0.356. The number of hydrogen-bond acceptors (Lipinski definition) is 4. The molecule has 0 N–H and O–H groups in total. The number of nitro benzene ring substituents is 1. The lowest BCUT2D eigenvalue weighted by Gasteiger charge is -2.19. The normalized spacial score (nSPS) is 11.1. The predicted molar refractivity (Wildman–Crippen MR) is 71.0 cm³/mol. The van der Waals surface area contributed by atoms with Crippen molar-refractivity contribution in [1.82, 2.24) is 0 Å². The number of carbonyl (C=O) groups is 1. The second-order valence-electron chi connectivity index (χ2n) is 4.42. The van der Waals surface area contributed by atoms with Gasteiger partial charge in [0.05, 0.1) is 4.92 Å². The molecule has 0 saturated heterocycles. The number of carbonyl (C=O) groups excluding carboxylic acids is 1. The summed E-state index contributed by atoms with van der Waals surface area (Å²) in [6.45, 7) is 5.14. The zero-order chi connectivity index (χ0) is 13.2. The Kier molecular flexibility index (Phi) is 4.07. The fourth-order valence-corrected chi connectivity index (χ4v) is 1.64. The summed E-state index contributed by atoms with van der Waals surface area (Å²) in [5.41, 5.74) is -0.926. The van der Waals surface area contributed by atoms with Gasteiger partial charge in [-0.15, -0.1) is 0 Å². The smallest absolute Gasteiger partial charge is 0.345 e. The van der Waals surface area contributed by atoms with Crippen LogP contribution in [-0.4, -0.2) is 16.5 Å². The monoisotopic (exact) mass is 349 g/mol. The fourth-order valence-electron chi connectivity index (χ4n) is 1.16. The van der Waals surface area contributed by atoms with Gasteiger partial charge in [0.2, 0.25) is 0 Å². The second-order valence-corrected chi connectivity index (χ2v) is 5.67. The molecule has 0 unspecified atom stereocenters. The van der Waals surface area contributed by atoms with Crippen LogP contribution in [-0.2, 0) is 4.74 Å². The van der Waals surface area contributed by atoms with Crippen molar-refractivity contribution >= 4 is 34.2 Å². The topological polar surface area (TPSA) is 69.4 Å². The molecule has 0 bridgehead atoms. The van der Waals surface area contributed by atoms with Gasteiger partial charge in [-0.1, -0.05) is 0 Å². The first kappa shape index (κ1) is 13.9. The molecular weight excluding hydrogens is 337 g/mol. The number of halogens is 1. The van der Waals surface area contributed by atoms with Crippen LogP contribution in [0, 0.1) is 13.7 Å². The molecule has 0 aliphatic rings. The second kappa shape index (κ2) is 4.99. The van der Waals surface area contributed by atoms with E-state index in [1.54, 1.807) is 26.8 Å². The van der Waals surface area contributed by atoms with Gasteiger partial charge >= 0.3 is 5.97 Å². The van der Waals surface area contributed by atoms with E-state index in [4.69, 9.17) is 4.74 Å². The molecule has 6 heteroatoms. The summed E-state index contributed by atoms with van der Waals surface area (Å²) in [4.78, 5) is 22.0. The van der Waals surface area contributed by atoms with E-state index in [1.807, 2.05) is 22.6 Å². The minimum Gasteiger partial charge on any atom is -0.456 e. The Balaban J connectivity index is 3.14. The third kappa shape index (κ3) is 3.95. The van der Waals surface area contributed by atoms with Gasteiger partial charge < -0.3 is 4.74 Å². The maximum atomic E-state index is 11.8. The largest absolute Gasteiger partial charge is 0.456 e. The number of hydrogen-bond donors (Lipinski definition) is 0. The summed E-state index contributed by atoms with van der Waals surface area (Å²) >= 11 is 1.95. The van der Waals surface area contributed by atoms with Gasteiger partial charge in [0.25, 0.3) is 5.69 Å². The summed E-state index contributed by atoms with van der Waals surface area (Å²) < 4.78 is 5.80. The molecule has 0 aromatic heterocycles. The molecule has 1 aromatic carbocycles. The van der Waals surface area contributed by atoms with Crippen LogP contribution in [0.3, 0.4) is 0 Å². The molecule has 5 nitrogen and oxygen atoms in total. The lowest BCUT2D eigenvalue weighted by Crippen LogP contribution is -2.24. The Labute approximate surface area is 112 Å². The number of nitrogens with zero attached hydrogens (tertiary/aromatic N) is 1. The standard InChI is InChI=1S/C11H12INO4/c1-11(2,3)17-10(14)8-5-4-7(12)6-9(8)13(15)16/h4-6H,1-3H3. The SMILES string of the molecule is CC(C)(C)OC(=O)c1ccc(I)cc1[N+](=O)[O-]. The number of nitro groups is 1. The first-order chi connectivity index (χ1) is 7.70. The van der Waals surface area contributed by atoms with Crippen molar-refractivity contribution in [2.75, 3.05) is 0 Å². The average Bonchev–Trinajstić information content (AvgIpc) is 2.14. The summed E-state index contributed by atoms with van der Waals surface area (Å²) in [7, 11) is 0. The van der Waals surface area contributed by atoms with Gasteiger partial charge in [0, 0.05) is 9.64 Å². The first-order valence-corrected chi connectivity index (χ1v) is 5.96. The number of esters is 1. The Morgan fingerprint density at radius 2 is 2.00 bits per heavy atom. The Morgan fingerprint density at radius 1 is 1.41 bits per heavy atom. The van der Waals surface area contributed by atoms with Gasteiger partial charge in [0.1, 0.15) is 11.2 Å². The zero-order valence-electron chi connectivity index (χ0n) is 9.69. The summed E-state index contributed by atoms with van der Waals surface area (Å²) in [6, 6.07) is 4.39. The maximum absolute atomic E-state index is 11.8. The van der Waals surface area contributed by atoms with Crippen LogP contribution in [0.4, 0.5) is 5.69 Å². The number of benzene rings is 1. The van der Waals surface area contributed by atoms with Crippen molar-refractivity contribution in [2.45, 2.75) is 26.4 Å². The Bertz CT molecular complexity index is 465. The minimum atomic E-state index is -0.680. The van der Waals surface area contributed by atoms with Gasteiger partial charge in [-0.2, -0.15) is 0 Å². The lowest BCUT2D eigenvalue weighted by molar-refractivity contribution is -0.385. The Hall–Kier alpha value is -1.18. The Morgan fingerprint density at radius 3 is 2.47 bits per heavy atom. The van der Waals surface area contributed by atoms with E-state index < -0.39 is 16.5 Å². The zero-order valence-corrected chi connectivity index (χ0v) is 11.8. The van der Waals surface area contributed by atoms with Crippen LogP contribution in [0.2, 0.25) is 0 Å². The van der Waals surface area contributed by atoms with Gasteiger partial charge in [-0.05, 0) is 55.5 Å². The molecule has 0 atom stereocenters. The summed E-state index contributed by atoms with van der Waals surface area (Å²) in [5, 5.41) is 10.8. The molecular formula is C11H12INO4.